The van der Waals surface area contributed by atoms with Crippen LogP contribution in [0, 0.1) is 5.92 Å². The van der Waals surface area contributed by atoms with Gasteiger partial charge < -0.3 is 4.90 Å². The number of alkyl halides is 3. The summed E-state index contributed by atoms with van der Waals surface area (Å²) >= 11 is 0. The van der Waals surface area contributed by atoms with Crippen LogP contribution < -0.4 is 4.90 Å². The summed E-state index contributed by atoms with van der Waals surface area (Å²) < 4.78 is 39.6. The van der Waals surface area contributed by atoms with Crippen LogP contribution in [0.4, 0.5) is 19.0 Å². The fourth-order valence-corrected chi connectivity index (χ4v) is 3.27. The monoisotopic (exact) mass is 359 g/mol. The number of anilines is 1. The number of aromatic nitrogens is 4. The van der Waals surface area contributed by atoms with Crippen LogP contribution in [0.15, 0.2) is 43.0 Å². The number of piperidine rings is 1. The Morgan fingerprint density at radius 2 is 1.77 bits per heavy atom. The van der Waals surface area contributed by atoms with Crippen molar-refractivity contribution in [2.75, 3.05) is 18.0 Å². The maximum Gasteiger partial charge on any atom is 0.393 e. The smallest absolute Gasteiger partial charge is 0.355 e. The maximum absolute atomic E-state index is 13.2. The number of halogens is 3. The molecule has 1 unspecified atom stereocenters. The second-order valence-electron chi connectivity index (χ2n) is 6.33. The summed E-state index contributed by atoms with van der Waals surface area (Å²) in [7, 11) is 0. The van der Waals surface area contributed by atoms with E-state index in [0.29, 0.717) is 35.5 Å². The topological polar surface area (TPSA) is 54.8 Å². The Kier molecular flexibility index (Phi) is 4.18. The molecule has 0 N–H and O–H groups in total. The first kappa shape index (κ1) is 16.7. The third-order valence-corrected chi connectivity index (χ3v) is 4.60. The first-order chi connectivity index (χ1) is 12.5. The van der Waals surface area contributed by atoms with Crippen molar-refractivity contribution in [2.45, 2.75) is 19.0 Å². The zero-order chi connectivity index (χ0) is 18.1. The van der Waals surface area contributed by atoms with Crippen LogP contribution in [-0.2, 0) is 0 Å². The van der Waals surface area contributed by atoms with Crippen molar-refractivity contribution < 1.29 is 13.2 Å². The molecule has 0 bridgehead atoms. The van der Waals surface area contributed by atoms with Crippen molar-refractivity contribution in [3.8, 4) is 11.4 Å². The highest BCUT2D eigenvalue weighted by atomic mass is 19.4. The van der Waals surface area contributed by atoms with E-state index in [2.05, 4.69) is 19.9 Å². The Labute approximate surface area is 147 Å². The standard InChI is InChI=1S/C18H16F3N5/c19-18(20,21)13-2-1-9-26(11-13)17-14-5-8-23-10-15(14)24-16(25-17)12-3-6-22-7-4-12/h3-8,10,13H,1-2,9,11H2. The summed E-state index contributed by atoms with van der Waals surface area (Å²) in [6, 6.07) is 5.30. The molecule has 8 heteroatoms. The van der Waals surface area contributed by atoms with Crippen LogP contribution in [0.25, 0.3) is 22.3 Å². The van der Waals surface area contributed by atoms with E-state index in [1.165, 1.54) is 0 Å². The maximum atomic E-state index is 13.2. The summed E-state index contributed by atoms with van der Waals surface area (Å²) in [5.41, 5.74) is 1.37. The number of hydrogen-bond acceptors (Lipinski definition) is 5. The molecule has 1 atom stereocenters. The molecular formula is C18H16F3N5. The van der Waals surface area contributed by atoms with Crippen molar-refractivity contribution in [2.24, 2.45) is 5.92 Å². The fourth-order valence-electron chi connectivity index (χ4n) is 3.27. The second kappa shape index (κ2) is 6.51. The lowest BCUT2D eigenvalue weighted by Gasteiger charge is -2.35. The molecule has 0 aromatic carbocycles. The third kappa shape index (κ3) is 3.18. The van der Waals surface area contributed by atoms with E-state index in [1.54, 1.807) is 47.9 Å². The van der Waals surface area contributed by atoms with E-state index in [4.69, 9.17) is 0 Å². The number of hydrogen-bond donors (Lipinski definition) is 0. The van der Waals surface area contributed by atoms with E-state index in [-0.39, 0.29) is 13.0 Å². The van der Waals surface area contributed by atoms with E-state index in [1.807, 2.05) is 0 Å². The summed E-state index contributed by atoms with van der Waals surface area (Å²) in [4.78, 5) is 18.9. The fraction of sp³-hybridized carbons (Fsp3) is 0.333. The molecule has 0 amide bonds. The van der Waals surface area contributed by atoms with E-state index in [0.717, 1.165) is 5.56 Å². The highest BCUT2D eigenvalue weighted by molar-refractivity contribution is 5.90. The van der Waals surface area contributed by atoms with Crippen LogP contribution in [0.2, 0.25) is 0 Å². The van der Waals surface area contributed by atoms with Gasteiger partial charge in [0.25, 0.3) is 0 Å². The van der Waals surface area contributed by atoms with Gasteiger partial charge in [0.1, 0.15) is 5.82 Å². The van der Waals surface area contributed by atoms with Crippen molar-refractivity contribution in [3.05, 3.63) is 43.0 Å². The normalized spacial score (nSPS) is 18.3. The molecule has 4 heterocycles. The summed E-state index contributed by atoms with van der Waals surface area (Å²) in [5.74, 6) is -0.359. The predicted molar refractivity (Wildman–Crippen MR) is 91.6 cm³/mol. The highest BCUT2D eigenvalue weighted by Crippen LogP contribution is 2.36. The van der Waals surface area contributed by atoms with E-state index in [9.17, 15) is 13.2 Å². The number of pyridine rings is 2. The third-order valence-electron chi connectivity index (χ3n) is 4.60. The minimum absolute atomic E-state index is 0.0896. The van der Waals surface area contributed by atoms with Gasteiger partial charge in [0, 0.05) is 42.6 Å². The largest absolute Gasteiger partial charge is 0.393 e. The Morgan fingerprint density at radius 1 is 1.00 bits per heavy atom. The van der Waals surface area contributed by atoms with Crippen LogP contribution in [-0.4, -0.2) is 39.2 Å². The van der Waals surface area contributed by atoms with Crippen LogP contribution in [0.1, 0.15) is 12.8 Å². The molecule has 3 aromatic heterocycles. The molecular weight excluding hydrogens is 343 g/mol. The van der Waals surface area contributed by atoms with Gasteiger partial charge >= 0.3 is 6.18 Å². The molecule has 4 rings (SSSR count). The Morgan fingerprint density at radius 3 is 2.54 bits per heavy atom. The van der Waals surface area contributed by atoms with Crippen LogP contribution in [0.5, 0.6) is 0 Å². The minimum Gasteiger partial charge on any atom is -0.355 e. The van der Waals surface area contributed by atoms with Crippen LogP contribution in [0.3, 0.4) is 0 Å². The summed E-state index contributed by atoms with van der Waals surface area (Å²) in [6.07, 6.45) is 2.91. The molecule has 3 aromatic rings. The molecule has 5 nitrogen and oxygen atoms in total. The first-order valence-corrected chi connectivity index (χ1v) is 8.36. The first-order valence-electron chi connectivity index (χ1n) is 8.36. The lowest BCUT2D eigenvalue weighted by molar-refractivity contribution is -0.176. The lowest BCUT2D eigenvalue weighted by atomic mass is 9.97. The minimum atomic E-state index is -4.20. The highest BCUT2D eigenvalue weighted by Gasteiger charge is 2.42. The van der Waals surface area contributed by atoms with Gasteiger partial charge in [0.05, 0.1) is 17.6 Å². The van der Waals surface area contributed by atoms with Crippen LogP contribution >= 0.6 is 0 Å². The average Bonchev–Trinajstić information content (AvgIpc) is 2.67. The molecule has 0 radical (unpaired) electrons. The molecule has 134 valence electrons. The van der Waals surface area contributed by atoms with Gasteiger partial charge in [-0.3, -0.25) is 9.97 Å². The molecule has 0 aliphatic carbocycles. The summed E-state index contributed by atoms with van der Waals surface area (Å²) in [5, 5.41) is 0.709. The van der Waals surface area contributed by atoms with Gasteiger partial charge in [-0.05, 0) is 31.0 Å². The molecule has 26 heavy (non-hydrogen) atoms. The van der Waals surface area contributed by atoms with Crippen molar-refractivity contribution in [1.82, 2.24) is 19.9 Å². The quantitative estimate of drug-likeness (QED) is 0.695. The van der Waals surface area contributed by atoms with Gasteiger partial charge in [0.15, 0.2) is 5.82 Å². The molecule has 0 saturated carbocycles. The molecule has 1 saturated heterocycles. The molecule has 1 aliphatic heterocycles. The van der Waals surface area contributed by atoms with Gasteiger partial charge in [-0.15, -0.1) is 0 Å². The zero-order valence-electron chi connectivity index (χ0n) is 13.8. The van der Waals surface area contributed by atoms with Gasteiger partial charge in [-0.2, -0.15) is 13.2 Å². The average molecular weight is 359 g/mol. The van der Waals surface area contributed by atoms with Gasteiger partial charge in [0.2, 0.25) is 0 Å². The molecule has 0 spiro atoms. The van der Waals surface area contributed by atoms with Crippen molar-refractivity contribution in [3.63, 3.8) is 0 Å². The van der Waals surface area contributed by atoms with Crippen molar-refractivity contribution >= 4 is 16.7 Å². The van der Waals surface area contributed by atoms with E-state index < -0.39 is 12.1 Å². The number of nitrogens with zero attached hydrogens (tertiary/aromatic N) is 5. The predicted octanol–water partition coefficient (Wildman–Crippen LogP) is 3.87. The summed E-state index contributed by atoms with van der Waals surface area (Å²) in [6.45, 7) is 0.449. The van der Waals surface area contributed by atoms with E-state index >= 15 is 0 Å². The number of rotatable bonds is 2. The molecule has 1 fully saturated rings. The Balaban J connectivity index is 1.81. The van der Waals surface area contributed by atoms with Gasteiger partial charge in [-0.1, -0.05) is 0 Å². The Hall–Kier alpha value is -2.77. The van der Waals surface area contributed by atoms with Gasteiger partial charge in [-0.25, -0.2) is 9.97 Å². The second-order valence-corrected chi connectivity index (χ2v) is 6.33. The number of fused-ring (bicyclic) bond motifs is 1. The lowest BCUT2D eigenvalue weighted by Crippen LogP contribution is -2.42. The van der Waals surface area contributed by atoms with Crippen molar-refractivity contribution in [1.29, 1.82) is 0 Å². The Bertz CT molecular complexity index is 914. The molecule has 1 aliphatic rings. The zero-order valence-corrected chi connectivity index (χ0v) is 13.8. The SMILES string of the molecule is FC(F)(F)C1CCCN(c2nc(-c3ccncc3)nc3cnccc23)C1.